The highest BCUT2D eigenvalue weighted by Gasteiger charge is 2.58. The molecule has 1 aliphatic carbocycles. The smallest absolute Gasteiger partial charge is 0.207 e. The van der Waals surface area contributed by atoms with Crippen molar-refractivity contribution in [1.29, 1.82) is 0 Å². The van der Waals surface area contributed by atoms with Crippen LogP contribution in [0.4, 0.5) is 0 Å². The molecule has 0 bridgehead atoms. The lowest BCUT2D eigenvalue weighted by Crippen LogP contribution is -2.43. The molecule has 0 radical (unpaired) electrons. The maximum absolute atomic E-state index is 13.0. The van der Waals surface area contributed by atoms with E-state index in [4.69, 9.17) is 0 Å². The van der Waals surface area contributed by atoms with Gasteiger partial charge in [-0.25, -0.2) is 8.42 Å². The predicted octanol–water partition coefficient (Wildman–Crippen LogP) is 3.81. The molecular formula is C20H23NO2S. The second-order valence-corrected chi connectivity index (χ2v) is 9.53. The zero-order valence-electron chi connectivity index (χ0n) is 14.1. The monoisotopic (exact) mass is 341 g/mol. The molecule has 0 aromatic heterocycles. The number of benzene rings is 2. The van der Waals surface area contributed by atoms with Gasteiger partial charge >= 0.3 is 0 Å². The van der Waals surface area contributed by atoms with Crippen LogP contribution >= 0.6 is 0 Å². The maximum Gasteiger partial charge on any atom is 0.243 e. The number of hydrogen-bond acceptors (Lipinski definition) is 2. The van der Waals surface area contributed by atoms with Crippen molar-refractivity contribution in [1.82, 2.24) is 4.31 Å². The maximum atomic E-state index is 13.0. The number of nitrogens with zero attached hydrogens (tertiary/aromatic N) is 1. The van der Waals surface area contributed by atoms with Crippen molar-refractivity contribution >= 4 is 10.0 Å². The lowest BCUT2D eigenvalue weighted by atomic mass is 9.54. The van der Waals surface area contributed by atoms with Crippen molar-refractivity contribution in [2.75, 3.05) is 13.1 Å². The zero-order valence-corrected chi connectivity index (χ0v) is 15.0. The lowest BCUT2D eigenvalue weighted by Gasteiger charge is -2.49. The summed E-state index contributed by atoms with van der Waals surface area (Å²) in [6, 6.07) is 17.7. The van der Waals surface area contributed by atoms with Crippen LogP contribution in [-0.2, 0) is 10.0 Å². The van der Waals surface area contributed by atoms with Crippen LogP contribution in [0.3, 0.4) is 0 Å². The topological polar surface area (TPSA) is 37.4 Å². The second kappa shape index (κ2) is 5.43. The first-order valence-electron chi connectivity index (χ1n) is 8.52. The molecule has 0 amide bonds. The number of fused-ring (bicyclic) bond motifs is 1. The van der Waals surface area contributed by atoms with Gasteiger partial charge in [-0.2, -0.15) is 4.31 Å². The van der Waals surface area contributed by atoms with Crippen LogP contribution in [0.2, 0.25) is 0 Å². The molecule has 4 rings (SSSR count). The third-order valence-corrected chi connectivity index (χ3v) is 7.72. The van der Waals surface area contributed by atoms with Crippen molar-refractivity contribution in [3.05, 3.63) is 65.7 Å². The molecule has 2 aliphatic rings. The van der Waals surface area contributed by atoms with E-state index >= 15 is 0 Å². The average Bonchev–Trinajstić information content (AvgIpc) is 2.83. The first-order valence-corrected chi connectivity index (χ1v) is 9.96. The minimum absolute atomic E-state index is 0.109. The molecule has 0 N–H and O–H groups in total. The molecule has 4 heteroatoms. The van der Waals surface area contributed by atoms with E-state index in [-0.39, 0.29) is 5.41 Å². The van der Waals surface area contributed by atoms with E-state index in [1.54, 1.807) is 16.4 Å². The molecule has 1 saturated heterocycles. The Bertz CT molecular complexity index is 845. The van der Waals surface area contributed by atoms with Crippen LogP contribution in [0.5, 0.6) is 0 Å². The van der Waals surface area contributed by atoms with Crippen molar-refractivity contribution in [3.63, 3.8) is 0 Å². The third-order valence-electron chi connectivity index (χ3n) is 5.89. The summed E-state index contributed by atoms with van der Waals surface area (Å²) in [6.07, 6.45) is 1.07. The quantitative estimate of drug-likeness (QED) is 0.851. The summed E-state index contributed by atoms with van der Waals surface area (Å²) in [4.78, 5) is 0.411. The predicted molar refractivity (Wildman–Crippen MR) is 95.3 cm³/mol. The van der Waals surface area contributed by atoms with Crippen LogP contribution in [0.1, 0.15) is 30.4 Å². The van der Waals surface area contributed by atoms with Crippen molar-refractivity contribution < 1.29 is 8.42 Å². The van der Waals surface area contributed by atoms with E-state index < -0.39 is 10.0 Å². The van der Waals surface area contributed by atoms with Gasteiger partial charge in [0.1, 0.15) is 0 Å². The number of hydrogen-bond donors (Lipinski definition) is 0. The summed E-state index contributed by atoms with van der Waals surface area (Å²) in [5.41, 5.74) is 2.53. The fraction of sp³-hybridized carbons (Fsp3) is 0.400. The minimum Gasteiger partial charge on any atom is -0.207 e. The first kappa shape index (κ1) is 15.9. The number of aryl methyl sites for hydroxylation is 1. The molecule has 24 heavy (non-hydrogen) atoms. The SMILES string of the molecule is Cc1ccc(S(=O)(=O)N2C[C@H]3[C@H](c4ccccc4)C[C@@]3(C)C2)cc1. The molecule has 3 atom stereocenters. The Hall–Kier alpha value is -1.65. The number of sulfonamides is 1. The Morgan fingerprint density at radius 2 is 1.71 bits per heavy atom. The Labute approximate surface area is 144 Å². The van der Waals surface area contributed by atoms with E-state index in [9.17, 15) is 8.42 Å². The molecule has 2 aromatic carbocycles. The van der Waals surface area contributed by atoms with E-state index in [1.807, 2.05) is 25.1 Å². The highest BCUT2D eigenvalue weighted by Crippen LogP contribution is 2.60. The fourth-order valence-electron chi connectivity index (χ4n) is 4.43. The van der Waals surface area contributed by atoms with Gasteiger partial charge in [-0.05, 0) is 48.3 Å². The molecule has 2 fully saturated rings. The standard InChI is InChI=1S/C20H23NO2S/c1-15-8-10-17(11-9-15)24(22,23)21-13-19-18(12-20(19,2)14-21)16-6-4-3-5-7-16/h3-11,18-19H,12-14H2,1-2H3/t18-,19-,20-/m0/s1. The summed E-state index contributed by atoms with van der Waals surface area (Å²) in [7, 11) is -3.39. The van der Waals surface area contributed by atoms with Crippen LogP contribution in [0.25, 0.3) is 0 Å². The summed E-state index contributed by atoms with van der Waals surface area (Å²) in [6.45, 7) is 5.48. The summed E-state index contributed by atoms with van der Waals surface area (Å²) in [5.74, 6) is 0.898. The van der Waals surface area contributed by atoms with Gasteiger partial charge in [-0.3, -0.25) is 0 Å². The highest BCUT2D eigenvalue weighted by atomic mass is 32.2. The van der Waals surface area contributed by atoms with Gasteiger partial charge in [-0.1, -0.05) is 55.0 Å². The van der Waals surface area contributed by atoms with Gasteiger partial charge < -0.3 is 0 Å². The van der Waals surface area contributed by atoms with Crippen molar-refractivity contribution in [3.8, 4) is 0 Å². The summed E-state index contributed by atoms with van der Waals surface area (Å²) >= 11 is 0. The average molecular weight is 341 g/mol. The highest BCUT2D eigenvalue weighted by molar-refractivity contribution is 7.89. The van der Waals surface area contributed by atoms with Crippen molar-refractivity contribution in [2.24, 2.45) is 11.3 Å². The molecule has 3 nitrogen and oxygen atoms in total. The van der Waals surface area contributed by atoms with Crippen LogP contribution in [0.15, 0.2) is 59.5 Å². The molecule has 0 spiro atoms. The summed E-state index contributed by atoms with van der Waals surface area (Å²) < 4.78 is 27.7. The van der Waals surface area contributed by atoms with Crippen LogP contribution < -0.4 is 0 Å². The van der Waals surface area contributed by atoms with Gasteiger partial charge in [0.25, 0.3) is 0 Å². The largest absolute Gasteiger partial charge is 0.243 e. The molecule has 1 aliphatic heterocycles. The van der Waals surface area contributed by atoms with Crippen LogP contribution in [-0.4, -0.2) is 25.8 Å². The summed E-state index contributed by atoms with van der Waals surface area (Å²) in [5, 5.41) is 0. The van der Waals surface area contributed by atoms with Gasteiger partial charge in [0, 0.05) is 13.1 Å². The Morgan fingerprint density at radius 3 is 2.38 bits per heavy atom. The zero-order chi connectivity index (χ0) is 16.9. The molecule has 0 unspecified atom stereocenters. The Morgan fingerprint density at radius 1 is 1.04 bits per heavy atom. The third kappa shape index (κ3) is 2.40. The molecule has 2 aromatic rings. The number of rotatable bonds is 3. The second-order valence-electron chi connectivity index (χ2n) is 7.59. The van der Waals surface area contributed by atoms with Gasteiger partial charge in [0.05, 0.1) is 4.90 Å². The van der Waals surface area contributed by atoms with E-state index in [0.717, 1.165) is 12.0 Å². The van der Waals surface area contributed by atoms with Gasteiger partial charge in [0.15, 0.2) is 0 Å². The van der Waals surface area contributed by atoms with E-state index in [1.165, 1.54) is 5.56 Å². The Balaban J connectivity index is 1.59. The van der Waals surface area contributed by atoms with E-state index in [2.05, 4.69) is 31.2 Å². The molecular weight excluding hydrogens is 318 g/mol. The van der Waals surface area contributed by atoms with Gasteiger partial charge in [-0.15, -0.1) is 0 Å². The van der Waals surface area contributed by atoms with Crippen molar-refractivity contribution in [2.45, 2.75) is 31.1 Å². The fourth-order valence-corrected chi connectivity index (χ4v) is 6.03. The molecule has 1 saturated carbocycles. The van der Waals surface area contributed by atoms with E-state index in [0.29, 0.717) is 29.8 Å². The van der Waals surface area contributed by atoms with Gasteiger partial charge in [0.2, 0.25) is 10.0 Å². The lowest BCUT2D eigenvalue weighted by molar-refractivity contribution is 0.0724. The molecule has 1 heterocycles. The minimum atomic E-state index is -3.39. The molecule has 126 valence electrons. The normalized spacial score (nSPS) is 29.9. The van der Waals surface area contributed by atoms with Crippen LogP contribution in [0, 0.1) is 18.3 Å². The Kier molecular flexibility index (Phi) is 3.59. The first-order chi connectivity index (χ1) is 11.4.